The van der Waals surface area contributed by atoms with E-state index < -0.39 is 243 Å². The molecule has 7 aliphatic rings. The predicted molar refractivity (Wildman–Crippen MR) is 385 cm³/mol. The lowest BCUT2D eigenvalue weighted by atomic mass is 9.72. The van der Waals surface area contributed by atoms with Crippen LogP contribution in [0.5, 0.6) is 92.0 Å². The van der Waals surface area contributed by atoms with Crippen LogP contribution in [0.4, 0.5) is 52.7 Å². The minimum Gasteiger partial charge on any atom is -0.504 e. The molecule has 2 spiro atoms. The van der Waals surface area contributed by atoms with Crippen molar-refractivity contribution >= 4 is 22.3 Å². The molecule has 2 unspecified atom stereocenters. The van der Waals surface area contributed by atoms with Crippen LogP contribution in [-0.4, -0.2) is 60.8 Å². The van der Waals surface area contributed by atoms with E-state index in [9.17, 15) is 40.9 Å². The monoisotopic (exact) mass is 1570 g/mol. The van der Waals surface area contributed by atoms with Gasteiger partial charge in [-0.1, -0.05) is 55.4 Å². The minimum absolute atomic E-state index is 0.191. The molecule has 0 fully saturated rings. The third-order valence-corrected chi connectivity index (χ3v) is 24.1. The Morgan fingerprint density at radius 1 is 0.254 bits per heavy atom. The van der Waals surface area contributed by atoms with Crippen LogP contribution in [0.1, 0.15) is 171 Å². The molecule has 4 aromatic heterocycles. The Bertz CT molecular complexity index is 6750. The van der Waals surface area contributed by atoms with Gasteiger partial charge in [0, 0.05) is 77.3 Å². The highest BCUT2D eigenvalue weighted by molar-refractivity contribution is 5.88. The van der Waals surface area contributed by atoms with Crippen molar-refractivity contribution in [3.8, 4) is 92.0 Å². The molecule has 7 heterocycles. The number of halogens is 12. The zero-order chi connectivity index (χ0) is 80.8. The molecule has 3 aliphatic heterocycles. The molecule has 2 atom stereocenters. The molecular weight excluding hydrogens is 1510 g/mol. The molecule has 114 heavy (non-hydrogen) atoms. The summed E-state index contributed by atoms with van der Waals surface area (Å²) in [5.74, 6) is -38.6. The molecule has 12 aromatic rings. The normalized spacial score (nSPS) is 19.1. The van der Waals surface area contributed by atoms with Crippen LogP contribution in [-0.2, 0) is 32.5 Å². The number of rotatable bonds is 4. The van der Waals surface area contributed by atoms with Crippen molar-refractivity contribution in [2.24, 2.45) is 0 Å². The first-order chi connectivity index (χ1) is 53.7. The van der Waals surface area contributed by atoms with E-state index in [1.54, 1.807) is 24.3 Å². The van der Waals surface area contributed by atoms with Gasteiger partial charge in [0.05, 0.1) is 22.3 Å². The van der Waals surface area contributed by atoms with Crippen molar-refractivity contribution in [2.45, 2.75) is 114 Å². The van der Waals surface area contributed by atoms with Crippen LogP contribution in [0.15, 0.2) is 97.1 Å². The minimum atomic E-state index is -2.24. The fourth-order valence-electron chi connectivity index (χ4n) is 19.6. The predicted octanol–water partition coefficient (Wildman–Crippen LogP) is 16.7. The zero-order valence-corrected chi connectivity index (χ0v) is 60.8. The molecule has 8 aromatic carbocycles. The van der Waals surface area contributed by atoms with Crippen LogP contribution >= 0.6 is 0 Å². The highest BCUT2D eigenvalue weighted by Crippen LogP contribution is 2.69. The number of phenols is 8. The van der Waals surface area contributed by atoms with Crippen LogP contribution in [0.2, 0.25) is 0 Å². The van der Waals surface area contributed by atoms with Crippen molar-refractivity contribution in [2.75, 3.05) is 0 Å². The first-order valence-corrected chi connectivity index (χ1v) is 35.8. The van der Waals surface area contributed by atoms with Crippen LogP contribution in [0.3, 0.4) is 0 Å². The van der Waals surface area contributed by atoms with E-state index in [1.165, 1.54) is 24.3 Å². The van der Waals surface area contributed by atoms with Crippen molar-refractivity contribution in [3.63, 3.8) is 0 Å². The number of phenolic OH excluding ortho intramolecular Hbond substituents is 8. The Labute approximate surface area is 635 Å². The number of ether oxygens (including phenoxy) is 4. The van der Waals surface area contributed by atoms with Gasteiger partial charge in [-0.2, -0.15) is 17.6 Å². The summed E-state index contributed by atoms with van der Waals surface area (Å²) < 4.78 is 234. The maximum Gasteiger partial charge on any atom is 0.211 e. The quantitative estimate of drug-likeness (QED) is 0.0446. The van der Waals surface area contributed by atoms with E-state index in [-0.39, 0.29) is 40.2 Å². The highest BCUT2D eigenvalue weighted by atomic mass is 19.2. The first kappa shape index (κ1) is 71.4. The maximum absolute atomic E-state index is 18.8. The number of nitrogens with one attached hydrogen (secondary N) is 4. The molecule has 0 radical (unpaired) electrons. The molecule has 0 amide bonds. The second kappa shape index (κ2) is 22.9. The average Bonchev–Trinajstić information content (AvgIpc) is 1.52. The maximum atomic E-state index is 18.8. The largest absolute Gasteiger partial charge is 0.504 e. The van der Waals surface area contributed by atoms with Gasteiger partial charge in [-0.25, -0.2) is 35.1 Å². The van der Waals surface area contributed by atoms with Gasteiger partial charge in [-0.05, 0) is 189 Å². The summed E-state index contributed by atoms with van der Waals surface area (Å²) in [6.45, 7) is 15.6. The number of H-pyrrole nitrogens is 4. The Morgan fingerprint density at radius 3 is 0.763 bits per heavy atom. The molecular formula is C86H60F12N4O12. The summed E-state index contributed by atoms with van der Waals surface area (Å²) >= 11 is 0. The summed E-state index contributed by atoms with van der Waals surface area (Å²) in [5, 5.41) is 83.5. The second-order valence-electron chi connectivity index (χ2n) is 32.9. The van der Waals surface area contributed by atoms with Crippen LogP contribution in [0.25, 0.3) is 22.3 Å². The molecule has 19 rings (SSSR count). The molecule has 4 aliphatic carbocycles. The average molecular weight is 1570 g/mol. The zero-order valence-electron chi connectivity index (χ0n) is 60.8. The number of aromatic nitrogens is 4. The highest BCUT2D eigenvalue weighted by Gasteiger charge is 2.60. The van der Waals surface area contributed by atoms with E-state index in [4.69, 9.17) is 18.9 Å². The molecule has 0 saturated carbocycles. The summed E-state index contributed by atoms with van der Waals surface area (Å²) in [4.78, 5) is 11.0. The first-order valence-electron chi connectivity index (χ1n) is 35.8. The number of fused-ring (bicyclic) bond motifs is 20. The lowest BCUT2D eigenvalue weighted by Gasteiger charge is -2.31. The van der Waals surface area contributed by atoms with Gasteiger partial charge in [0.25, 0.3) is 0 Å². The van der Waals surface area contributed by atoms with Gasteiger partial charge < -0.3 is 79.7 Å². The van der Waals surface area contributed by atoms with E-state index in [0.29, 0.717) is 59.1 Å². The van der Waals surface area contributed by atoms with E-state index in [0.717, 1.165) is 59.7 Å². The SMILES string of the molecule is CC1(C)CC2(CC(C)(C)c3cc4c(cc32)Oc2c(F)c(F)c(C3=c5ccc([nH]5)=C(c5c(F)c(F)c6c(c5F)Oc5cc7c(cc5O6)C(C)(C)CC75CC(C)(C)c6cc(O)c(O)cc65)c5ccc([nH]5)C(c5c(F)c(O)c(O)c(F)c5F)=c5ccc([nH]5)=C(c5c(F)c(O)c(O)c(F)c5F)c5ccc3[nH]5)c(F)c2O4)c2cc(O)c(O)cc21. The number of aromatic hydroxyl groups is 8. The van der Waals surface area contributed by atoms with Gasteiger partial charge in [0.1, 0.15) is 0 Å². The standard InChI is InChI=1S/C86H60F12N4O12/c1-81(2)25-85(33-19-47(105)45(103)17-29(33)81)28-84(7,8)32-22-50-51(23-35(32)85)112-78-68(94)60(63(89)71(97)79(78)113-50)56-42-14-12-40(101-42)54(58-62(88)70(96)76(110)74(108)66(58)92)38-10-9-37(99-38)53(57-61(87)69(95)75(109)73(107)65(57)91)39-11-13-41(100-39)55(43-15-16-44(56)102-43)59-64(90)72(98)80-77(67(59)93)111-49-21-31-36(24-52(49)114-80)86(27-83(31,5)6)26-82(3,4)30-18-46(104)48(106)20-34(30)86/h9-24,99-110H,25-28H2,1-8H3. The van der Waals surface area contributed by atoms with E-state index >= 15 is 52.7 Å². The molecule has 12 N–H and O–H groups in total. The van der Waals surface area contributed by atoms with E-state index in [1.807, 2.05) is 55.4 Å². The fourth-order valence-corrected chi connectivity index (χ4v) is 19.6. The van der Waals surface area contributed by atoms with Gasteiger partial charge in [-0.15, -0.1) is 0 Å². The van der Waals surface area contributed by atoms with Crippen molar-refractivity contribution < 1.29 is 112 Å². The van der Waals surface area contributed by atoms with Crippen molar-refractivity contribution in [1.29, 1.82) is 0 Å². The summed E-state index contributed by atoms with van der Waals surface area (Å²) in [7, 11) is 0. The lowest BCUT2D eigenvalue weighted by molar-refractivity contribution is 0.314. The second-order valence-corrected chi connectivity index (χ2v) is 32.9. The van der Waals surface area contributed by atoms with Crippen LogP contribution in [0, 0.1) is 69.8 Å². The Kier molecular flexibility index (Phi) is 14.4. The molecule has 0 saturated heterocycles. The van der Waals surface area contributed by atoms with Crippen molar-refractivity contribution in [3.05, 3.63) is 278 Å². The third-order valence-electron chi connectivity index (χ3n) is 24.1. The number of aromatic amines is 4. The lowest BCUT2D eigenvalue weighted by Crippen LogP contribution is -2.27. The van der Waals surface area contributed by atoms with Gasteiger partial charge >= 0.3 is 0 Å². The number of hydrogen-bond donors (Lipinski definition) is 12. The smallest absolute Gasteiger partial charge is 0.211 e. The summed E-state index contributed by atoms with van der Waals surface area (Å²) in [6, 6.07) is 20.0. The van der Waals surface area contributed by atoms with Gasteiger partial charge in [-0.3, -0.25) is 0 Å². The van der Waals surface area contributed by atoms with Crippen molar-refractivity contribution in [1.82, 2.24) is 19.9 Å². The van der Waals surface area contributed by atoms with E-state index in [2.05, 4.69) is 19.9 Å². The molecule has 16 nitrogen and oxygen atoms in total. The Morgan fingerprint density at radius 2 is 0.474 bits per heavy atom. The van der Waals surface area contributed by atoms with Gasteiger partial charge in [0.2, 0.25) is 46.3 Å². The summed E-state index contributed by atoms with van der Waals surface area (Å²) in [5.41, 5.74) is -10.8. The van der Waals surface area contributed by atoms with Crippen LogP contribution < -0.4 is 40.3 Å². The Hall–Kier alpha value is -12.9. The molecule has 580 valence electrons. The number of benzene rings is 8. The topological polar surface area (TPSA) is 262 Å². The fraction of sp³-hybridized carbons (Fsp3) is 0.209. The molecule has 8 bridgehead atoms. The van der Waals surface area contributed by atoms with Gasteiger partial charge in [0.15, 0.2) is 116 Å². The Balaban J connectivity index is 0.864. The third kappa shape index (κ3) is 9.37. The number of hydrogen-bond acceptors (Lipinski definition) is 12. The summed E-state index contributed by atoms with van der Waals surface area (Å²) in [6.07, 6.45) is 1.65. The molecule has 28 heteroatoms.